The summed E-state index contributed by atoms with van der Waals surface area (Å²) in [5.74, 6) is -0.173. The number of hydrogen-bond donors (Lipinski definition) is 2. The van der Waals surface area contributed by atoms with Crippen LogP contribution in [0.15, 0.2) is 53.4 Å². The number of carbonyl (C=O) groups is 2. The number of anilines is 2. The van der Waals surface area contributed by atoms with Crippen LogP contribution in [0.3, 0.4) is 0 Å². The van der Waals surface area contributed by atoms with Gasteiger partial charge in [-0.1, -0.05) is 0 Å². The van der Waals surface area contributed by atoms with E-state index in [-0.39, 0.29) is 22.2 Å². The molecule has 3 rings (SSSR count). The Morgan fingerprint density at radius 2 is 1.62 bits per heavy atom. The van der Waals surface area contributed by atoms with Gasteiger partial charge in [0.1, 0.15) is 0 Å². The number of carbonyl (C=O) groups excluding carboxylic acids is 2. The first kappa shape index (κ1) is 20.9. The van der Waals surface area contributed by atoms with Gasteiger partial charge in [0.25, 0.3) is 15.9 Å². The van der Waals surface area contributed by atoms with Crippen LogP contribution in [0, 0.1) is 0 Å². The van der Waals surface area contributed by atoms with Crippen molar-refractivity contribution in [2.24, 2.45) is 0 Å². The molecule has 8 heteroatoms. The molecule has 0 atom stereocenters. The number of nitrogens with one attached hydrogen (secondary N) is 2. The Hall–Kier alpha value is -2.87. The van der Waals surface area contributed by atoms with Crippen LogP contribution in [0.4, 0.5) is 11.4 Å². The van der Waals surface area contributed by atoms with Crippen LogP contribution in [0.2, 0.25) is 0 Å². The average molecular weight is 416 g/mol. The van der Waals surface area contributed by atoms with Crippen molar-refractivity contribution in [3.05, 3.63) is 54.1 Å². The van der Waals surface area contributed by atoms with E-state index >= 15 is 0 Å². The lowest BCUT2D eigenvalue weighted by atomic mass is 10.1. The second kappa shape index (κ2) is 7.87. The van der Waals surface area contributed by atoms with E-state index in [1.54, 1.807) is 41.3 Å². The lowest BCUT2D eigenvalue weighted by Gasteiger charge is -2.20. The molecule has 0 unspecified atom stereocenters. The van der Waals surface area contributed by atoms with Crippen LogP contribution in [0.5, 0.6) is 0 Å². The maximum atomic E-state index is 12.6. The SMILES string of the molecule is CC(C)(C)NC(=O)c1ccc(NS(=O)(=O)c2ccc(N3CCCC3=O)cc2)cc1. The number of amides is 2. The monoisotopic (exact) mass is 415 g/mol. The van der Waals surface area contributed by atoms with E-state index in [2.05, 4.69) is 10.0 Å². The van der Waals surface area contributed by atoms with Crippen LogP contribution in [0.1, 0.15) is 44.0 Å². The molecule has 2 N–H and O–H groups in total. The molecule has 1 fully saturated rings. The predicted molar refractivity (Wildman–Crippen MR) is 112 cm³/mol. The van der Waals surface area contributed by atoms with E-state index in [4.69, 9.17) is 0 Å². The molecule has 0 spiro atoms. The highest BCUT2D eigenvalue weighted by atomic mass is 32.2. The molecule has 1 saturated heterocycles. The predicted octanol–water partition coefficient (Wildman–Crippen LogP) is 3.14. The number of nitrogens with zero attached hydrogens (tertiary/aromatic N) is 1. The van der Waals surface area contributed by atoms with Crippen molar-refractivity contribution in [2.75, 3.05) is 16.2 Å². The number of hydrogen-bond acceptors (Lipinski definition) is 4. The van der Waals surface area contributed by atoms with Crippen molar-refractivity contribution in [1.82, 2.24) is 5.32 Å². The van der Waals surface area contributed by atoms with E-state index in [9.17, 15) is 18.0 Å². The van der Waals surface area contributed by atoms with Gasteiger partial charge in [0.15, 0.2) is 0 Å². The zero-order chi connectivity index (χ0) is 21.2. The molecule has 0 saturated carbocycles. The Bertz CT molecular complexity index is 1010. The molecule has 2 aromatic rings. The van der Waals surface area contributed by atoms with Gasteiger partial charge in [0.2, 0.25) is 5.91 Å². The molecular weight excluding hydrogens is 390 g/mol. The van der Waals surface area contributed by atoms with E-state index in [0.29, 0.717) is 29.9 Å². The van der Waals surface area contributed by atoms with Gasteiger partial charge in [-0.15, -0.1) is 0 Å². The lowest BCUT2D eigenvalue weighted by molar-refractivity contribution is -0.117. The molecule has 0 aliphatic carbocycles. The molecular formula is C21H25N3O4S. The van der Waals surface area contributed by atoms with Crippen molar-refractivity contribution in [3.8, 4) is 0 Å². The van der Waals surface area contributed by atoms with Crippen LogP contribution in [-0.2, 0) is 14.8 Å². The van der Waals surface area contributed by atoms with Gasteiger partial charge >= 0.3 is 0 Å². The minimum atomic E-state index is -3.78. The summed E-state index contributed by atoms with van der Waals surface area (Å²) in [6, 6.07) is 12.5. The molecule has 0 radical (unpaired) electrons. The van der Waals surface area contributed by atoms with E-state index < -0.39 is 10.0 Å². The van der Waals surface area contributed by atoms with Crippen LogP contribution < -0.4 is 14.9 Å². The first-order valence-corrected chi connectivity index (χ1v) is 10.9. The maximum absolute atomic E-state index is 12.6. The third kappa shape index (κ3) is 5.14. The van der Waals surface area contributed by atoms with Crippen LogP contribution >= 0.6 is 0 Å². The molecule has 0 bridgehead atoms. The van der Waals surface area contributed by atoms with Crippen LogP contribution in [0.25, 0.3) is 0 Å². The van der Waals surface area contributed by atoms with E-state index in [1.165, 1.54) is 12.1 Å². The molecule has 0 aromatic heterocycles. The highest BCUT2D eigenvalue weighted by molar-refractivity contribution is 7.92. The minimum Gasteiger partial charge on any atom is -0.347 e. The maximum Gasteiger partial charge on any atom is 0.261 e. The third-order valence-electron chi connectivity index (χ3n) is 4.42. The normalized spacial score (nSPS) is 14.7. The van der Waals surface area contributed by atoms with Crippen molar-refractivity contribution >= 4 is 33.2 Å². The average Bonchev–Trinajstić information content (AvgIpc) is 3.06. The summed E-state index contributed by atoms with van der Waals surface area (Å²) in [6.45, 7) is 6.31. The fourth-order valence-corrected chi connectivity index (χ4v) is 4.10. The summed E-state index contributed by atoms with van der Waals surface area (Å²) in [7, 11) is -3.78. The summed E-state index contributed by atoms with van der Waals surface area (Å²) >= 11 is 0. The van der Waals surface area contributed by atoms with Gasteiger partial charge in [0, 0.05) is 35.4 Å². The topological polar surface area (TPSA) is 95.6 Å². The second-order valence-corrected chi connectivity index (χ2v) is 9.71. The summed E-state index contributed by atoms with van der Waals surface area (Å²) < 4.78 is 27.8. The van der Waals surface area contributed by atoms with Gasteiger partial charge in [-0.25, -0.2) is 8.42 Å². The largest absolute Gasteiger partial charge is 0.347 e. The van der Waals surface area contributed by atoms with Crippen molar-refractivity contribution < 1.29 is 18.0 Å². The summed E-state index contributed by atoms with van der Waals surface area (Å²) in [5, 5.41) is 2.85. The zero-order valence-corrected chi connectivity index (χ0v) is 17.5. The summed E-state index contributed by atoms with van der Waals surface area (Å²) in [5.41, 5.74) is 1.14. The molecule has 29 heavy (non-hydrogen) atoms. The van der Waals surface area contributed by atoms with Crippen molar-refractivity contribution in [1.29, 1.82) is 0 Å². The fraction of sp³-hybridized carbons (Fsp3) is 0.333. The molecule has 2 aromatic carbocycles. The van der Waals surface area contributed by atoms with E-state index in [1.807, 2.05) is 20.8 Å². The Labute approximate surface area is 171 Å². The Morgan fingerprint density at radius 1 is 1.00 bits per heavy atom. The highest BCUT2D eigenvalue weighted by Crippen LogP contribution is 2.24. The highest BCUT2D eigenvalue weighted by Gasteiger charge is 2.22. The standard InChI is InChI=1S/C21H25N3O4S/c1-21(2,3)22-20(26)15-6-8-16(9-7-15)23-29(27,28)18-12-10-17(11-13-18)24-14-4-5-19(24)25/h6-13,23H,4-5,14H2,1-3H3,(H,22,26). The second-order valence-electron chi connectivity index (χ2n) is 8.03. The van der Waals surface area contributed by atoms with Gasteiger partial charge in [-0.3, -0.25) is 14.3 Å². The first-order valence-electron chi connectivity index (χ1n) is 9.41. The Morgan fingerprint density at radius 3 is 2.14 bits per heavy atom. The zero-order valence-electron chi connectivity index (χ0n) is 16.7. The molecule has 2 amide bonds. The van der Waals surface area contributed by atoms with Crippen LogP contribution in [-0.4, -0.2) is 32.3 Å². The summed E-state index contributed by atoms with van der Waals surface area (Å²) in [6.07, 6.45) is 1.33. The Balaban J connectivity index is 1.70. The number of rotatable bonds is 5. The van der Waals surface area contributed by atoms with Gasteiger partial charge in [-0.2, -0.15) is 0 Å². The smallest absolute Gasteiger partial charge is 0.261 e. The quantitative estimate of drug-likeness (QED) is 0.784. The van der Waals surface area contributed by atoms with Gasteiger partial charge in [-0.05, 0) is 75.7 Å². The molecule has 1 aliphatic heterocycles. The number of benzene rings is 2. The molecule has 1 aliphatic rings. The van der Waals surface area contributed by atoms with Gasteiger partial charge in [0.05, 0.1) is 4.90 Å². The van der Waals surface area contributed by atoms with E-state index in [0.717, 1.165) is 6.42 Å². The third-order valence-corrected chi connectivity index (χ3v) is 5.82. The molecule has 154 valence electrons. The fourth-order valence-electron chi connectivity index (χ4n) is 3.04. The lowest BCUT2D eigenvalue weighted by Crippen LogP contribution is -2.40. The first-order chi connectivity index (χ1) is 13.5. The minimum absolute atomic E-state index is 0.0503. The summed E-state index contributed by atoms with van der Waals surface area (Å²) in [4.78, 5) is 25.7. The Kier molecular flexibility index (Phi) is 5.66. The molecule has 7 nitrogen and oxygen atoms in total. The van der Waals surface area contributed by atoms with Crippen molar-refractivity contribution in [2.45, 2.75) is 44.0 Å². The van der Waals surface area contributed by atoms with Gasteiger partial charge < -0.3 is 10.2 Å². The number of sulfonamides is 1. The molecule has 1 heterocycles. The van der Waals surface area contributed by atoms with Crippen molar-refractivity contribution in [3.63, 3.8) is 0 Å².